The Bertz CT molecular complexity index is 1170. The molecule has 0 aliphatic heterocycles. The van der Waals surface area contributed by atoms with Crippen molar-refractivity contribution in [3.8, 4) is 0 Å². The number of benzene rings is 3. The monoisotopic (exact) mass is 476 g/mol. The molecular formula is C25H24ClF3N2S. The molecule has 0 atom stereocenters. The summed E-state index contributed by atoms with van der Waals surface area (Å²) in [4.78, 5) is 1.18. The van der Waals surface area contributed by atoms with E-state index in [2.05, 4.69) is 46.4 Å². The molecule has 168 valence electrons. The van der Waals surface area contributed by atoms with E-state index < -0.39 is 11.7 Å². The van der Waals surface area contributed by atoms with Crippen molar-refractivity contribution >= 4 is 35.1 Å². The van der Waals surface area contributed by atoms with Gasteiger partial charge in [-0.1, -0.05) is 48.5 Å². The van der Waals surface area contributed by atoms with E-state index in [1.807, 2.05) is 24.5 Å². The molecule has 0 saturated heterocycles. The van der Waals surface area contributed by atoms with Crippen LogP contribution in [0.5, 0.6) is 0 Å². The van der Waals surface area contributed by atoms with Gasteiger partial charge in [-0.2, -0.15) is 13.2 Å². The lowest BCUT2D eigenvalue weighted by Crippen LogP contribution is -2.13. The molecule has 0 radical (unpaired) electrons. The van der Waals surface area contributed by atoms with E-state index >= 15 is 0 Å². The van der Waals surface area contributed by atoms with E-state index in [-0.39, 0.29) is 12.4 Å². The Kier molecular flexibility index (Phi) is 7.93. The van der Waals surface area contributed by atoms with Crippen molar-refractivity contribution in [3.63, 3.8) is 0 Å². The SMILES string of the molecule is CSc1ccc2c(c1)c(CNCc1cccc(C(F)(F)F)c1)cn2Cc1ccccc1.Cl. The van der Waals surface area contributed by atoms with Crippen molar-refractivity contribution < 1.29 is 13.2 Å². The molecule has 0 saturated carbocycles. The second-order valence-electron chi connectivity index (χ2n) is 7.45. The first-order valence-electron chi connectivity index (χ1n) is 10.0. The molecule has 1 N–H and O–H groups in total. The average molecular weight is 477 g/mol. The van der Waals surface area contributed by atoms with Gasteiger partial charge in [0.05, 0.1) is 5.56 Å². The lowest BCUT2D eigenvalue weighted by Gasteiger charge is -2.09. The van der Waals surface area contributed by atoms with E-state index in [9.17, 15) is 13.2 Å². The van der Waals surface area contributed by atoms with Crippen molar-refractivity contribution in [3.05, 3.63) is 101 Å². The molecule has 0 fully saturated rings. The van der Waals surface area contributed by atoms with Crippen LogP contribution in [-0.2, 0) is 25.8 Å². The van der Waals surface area contributed by atoms with Crippen LogP contribution in [-0.4, -0.2) is 10.8 Å². The van der Waals surface area contributed by atoms with Crippen LogP contribution in [0.15, 0.2) is 83.9 Å². The first-order valence-corrected chi connectivity index (χ1v) is 11.2. The third kappa shape index (κ3) is 5.68. The minimum atomic E-state index is -4.32. The summed E-state index contributed by atoms with van der Waals surface area (Å²) in [7, 11) is 0. The molecule has 1 aromatic heterocycles. The normalized spacial score (nSPS) is 11.5. The standard InChI is InChI=1S/C25H23F3N2S.ClH/c1-31-22-10-11-24-23(13-22)20(17-30(24)16-18-6-3-2-4-7-18)15-29-14-19-8-5-9-21(12-19)25(26,27)28;/h2-13,17,29H,14-16H2,1H3;1H. The van der Waals surface area contributed by atoms with Crippen LogP contribution in [0.25, 0.3) is 10.9 Å². The van der Waals surface area contributed by atoms with Gasteiger partial charge in [-0.25, -0.2) is 0 Å². The summed E-state index contributed by atoms with van der Waals surface area (Å²) in [5.41, 5.74) is 3.51. The first-order chi connectivity index (χ1) is 14.9. The maximum atomic E-state index is 13.0. The van der Waals surface area contributed by atoms with Gasteiger partial charge in [-0.05, 0) is 47.2 Å². The largest absolute Gasteiger partial charge is 0.416 e. The molecule has 3 aromatic carbocycles. The molecule has 2 nitrogen and oxygen atoms in total. The highest BCUT2D eigenvalue weighted by atomic mass is 35.5. The minimum Gasteiger partial charge on any atom is -0.343 e. The van der Waals surface area contributed by atoms with Crippen LogP contribution in [0.2, 0.25) is 0 Å². The van der Waals surface area contributed by atoms with Gasteiger partial charge < -0.3 is 9.88 Å². The molecule has 4 rings (SSSR count). The van der Waals surface area contributed by atoms with Crippen molar-refractivity contribution in [1.29, 1.82) is 0 Å². The summed E-state index contributed by atoms with van der Waals surface area (Å²) in [5, 5.41) is 4.48. The van der Waals surface area contributed by atoms with Gasteiger partial charge in [0.15, 0.2) is 0 Å². The molecule has 0 amide bonds. The molecular weight excluding hydrogens is 453 g/mol. The smallest absolute Gasteiger partial charge is 0.343 e. The van der Waals surface area contributed by atoms with Gasteiger partial charge >= 0.3 is 6.18 Å². The van der Waals surface area contributed by atoms with E-state index in [0.29, 0.717) is 18.7 Å². The molecule has 4 aromatic rings. The number of halogens is 4. The fourth-order valence-corrected chi connectivity index (χ4v) is 4.17. The number of hydrogen-bond donors (Lipinski definition) is 1. The van der Waals surface area contributed by atoms with Crippen LogP contribution < -0.4 is 5.32 Å². The van der Waals surface area contributed by atoms with E-state index in [4.69, 9.17) is 0 Å². The van der Waals surface area contributed by atoms with Crippen LogP contribution >= 0.6 is 24.2 Å². The summed E-state index contributed by atoms with van der Waals surface area (Å²) in [6.45, 7) is 1.72. The van der Waals surface area contributed by atoms with Gasteiger partial charge in [0.1, 0.15) is 0 Å². The van der Waals surface area contributed by atoms with Crippen molar-refractivity contribution in [1.82, 2.24) is 9.88 Å². The molecule has 0 bridgehead atoms. The fourth-order valence-electron chi connectivity index (χ4n) is 3.73. The number of aromatic nitrogens is 1. The van der Waals surface area contributed by atoms with E-state index in [1.54, 1.807) is 17.8 Å². The Morgan fingerprint density at radius 2 is 1.62 bits per heavy atom. The zero-order valence-electron chi connectivity index (χ0n) is 17.5. The van der Waals surface area contributed by atoms with Crippen molar-refractivity contribution in [2.45, 2.75) is 30.7 Å². The van der Waals surface area contributed by atoms with Crippen LogP contribution in [0.4, 0.5) is 13.2 Å². The fraction of sp³-hybridized carbons (Fsp3) is 0.200. The zero-order chi connectivity index (χ0) is 21.8. The highest BCUT2D eigenvalue weighted by Crippen LogP contribution is 2.30. The average Bonchev–Trinajstić information content (AvgIpc) is 3.10. The summed E-state index contributed by atoms with van der Waals surface area (Å²) in [6, 6.07) is 22.2. The molecule has 0 spiro atoms. The molecule has 7 heteroatoms. The van der Waals surface area contributed by atoms with Crippen molar-refractivity contribution in [2.24, 2.45) is 0 Å². The summed E-state index contributed by atoms with van der Waals surface area (Å²) < 4.78 is 41.1. The third-order valence-corrected chi connectivity index (χ3v) is 5.99. The maximum Gasteiger partial charge on any atom is 0.416 e. The lowest BCUT2D eigenvalue weighted by atomic mass is 10.1. The molecule has 0 aliphatic rings. The highest BCUT2D eigenvalue weighted by molar-refractivity contribution is 7.98. The van der Waals surface area contributed by atoms with Gasteiger partial charge in [0.2, 0.25) is 0 Å². The second kappa shape index (κ2) is 10.5. The predicted octanol–water partition coefficient (Wildman–Crippen LogP) is 7.14. The second-order valence-corrected chi connectivity index (χ2v) is 8.33. The van der Waals surface area contributed by atoms with Gasteiger partial charge in [0, 0.05) is 41.6 Å². The number of rotatable bonds is 7. The number of nitrogens with one attached hydrogen (secondary N) is 1. The summed E-state index contributed by atoms with van der Waals surface area (Å²) in [6.07, 6.45) is -0.135. The number of fused-ring (bicyclic) bond motifs is 1. The summed E-state index contributed by atoms with van der Waals surface area (Å²) in [5.74, 6) is 0. The number of thioether (sulfide) groups is 1. The number of nitrogens with zero attached hydrogens (tertiary/aromatic N) is 1. The number of hydrogen-bond acceptors (Lipinski definition) is 2. The Balaban J connectivity index is 0.00000289. The van der Waals surface area contributed by atoms with Crippen molar-refractivity contribution in [2.75, 3.05) is 6.26 Å². The third-order valence-electron chi connectivity index (χ3n) is 5.27. The predicted molar refractivity (Wildman–Crippen MR) is 128 cm³/mol. The topological polar surface area (TPSA) is 17.0 Å². The Hall–Kier alpha value is -2.41. The van der Waals surface area contributed by atoms with Crippen LogP contribution in [0.1, 0.15) is 22.3 Å². The Labute approximate surface area is 196 Å². The summed E-state index contributed by atoms with van der Waals surface area (Å²) >= 11 is 1.69. The lowest BCUT2D eigenvalue weighted by molar-refractivity contribution is -0.137. The maximum absolute atomic E-state index is 13.0. The molecule has 32 heavy (non-hydrogen) atoms. The van der Waals surface area contributed by atoms with Crippen LogP contribution in [0.3, 0.4) is 0 Å². The minimum absolute atomic E-state index is 0. The molecule has 0 aliphatic carbocycles. The quantitative estimate of drug-likeness (QED) is 0.285. The zero-order valence-corrected chi connectivity index (χ0v) is 19.2. The molecule has 0 unspecified atom stereocenters. The Morgan fingerprint density at radius 3 is 2.34 bits per heavy atom. The van der Waals surface area contributed by atoms with Gasteiger partial charge in [0.25, 0.3) is 0 Å². The first kappa shape index (κ1) is 24.2. The highest BCUT2D eigenvalue weighted by Gasteiger charge is 2.30. The van der Waals surface area contributed by atoms with Gasteiger partial charge in [-0.3, -0.25) is 0 Å². The Morgan fingerprint density at radius 1 is 0.875 bits per heavy atom. The van der Waals surface area contributed by atoms with Gasteiger partial charge in [-0.15, -0.1) is 24.2 Å². The van der Waals surface area contributed by atoms with Crippen LogP contribution in [0, 0.1) is 0 Å². The van der Waals surface area contributed by atoms with E-state index in [1.165, 1.54) is 28.0 Å². The number of alkyl halides is 3. The van der Waals surface area contributed by atoms with E-state index in [0.717, 1.165) is 23.7 Å². The molecule has 1 heterocycles.